The minimum Gasteiger partial charge on any atom is -0.508 e. The second kappa shape index (κ2) is 8.42. The summed E-state index contributed by atoms with van der Waals surface area (Å²) in [6, 6.07) is 2.86. The fourth-order valence-electron chi connectivity index (χ4n) is 2.88. The molecule has 1 saturated heterocycles. The number of hydrogen-bond donors (Lipinski definition) is 3. The average Bonchev–Trinajstić information content (AvgIpc) is 2.92. The molecule has 1 amide bonds. The fraction of sp³-hybridized carbons (Fsp3) is 0.421. The van der Waals surface area contributed by atoms with Crippen LogP contribution in [-0.2, 0) is 11.2 Å². The summed E-state index contributed by atoms with van der Waals surface area (Å²) >= 11 is 0. The molecule has 0 saturated carbocycles. The van der Waals surface area contributed by atoms with Gasteiger partial charge in [-0.25, -0.2) is 0 Å². The van der Waals surface area contributed by atoms with E-state index in [9.17, 15) is 15.0 Å². The molecule has 1 aliphatic rings. The Morgan fingerprint density at radius 3 is 2.61 bits per heavy atom. The van der Waals surface area contributed by atoms with Crippen LogP contribution in [0.25, 0.3) is 0 Å². The van der Waals surface area contributed by atoms with Crippen molar-refractivity contribution in [3.63, 3.8) is 0 Å². The van der Waals surface area contributed by atoms with Crippen LogP contribution in [0, 0.1) is 0 Å². The number of carbonyl (C=O) groups excluding carboxylic acids is 1. The van der Waals surface area contributed by atoms with Crippen molar-refractivity contribution in [1.82, 2.24) is 5.32 Å². The number of nitrogens with one attached hydrogen (secondary N) is 1. The lowest BCUT2D eigenvalue weighted by Crippen LogP contribution is -2.19. The van der Waals surface area contributed by atoms with E-state index >= 15 is 0 Å². The quantitative estimate of drug-likeness (QED) is 0.668. The van der Waals surface area contributed by atoms with Gasteiger partial charge >= 0.3 is 0 Å². The molecule has 1 aliphatic heterocycles. The molecule has 1 aromatic rings. The lowest BCUT2D eigenvalue weighted by atomic mass is 9.94. The molecule has 3 N–H and O–H groups in total. The van der Waals surface area contributed by atoms with Gasteiger partial charge in [0.05, 0.1) is 6.04 Å². The van der Waals surface area contributed by atoms with Crippen molar-refractivity contribution in [2.45, 2.75) is 51.5 Å². The van der Waals surface area contributed by atoms with Crippen LogP contribution in [0.2, 0.25) is 0 Å². The molecule has 1 atom stereocenters. The molecule has 0 aliphatic carbocycles. The van der Waals surface area contributed by atoms with Crippen molar-refractivity contribution >= 4 is 5.91 Å². The zero-order valence-corrected chi connectivity index (χ0v) is 13.6. The van der Waals surface area contributed by atoms with Crippen molar-refractivity contribution in [3.05, 3.63) is 47.6 Å². The molecule has 0 aromatic heterocycles. The van der Waals surface area contributed by atoms with Crippen LogP contribution >= 0.6 is 0 Å². The summed E-state index contributed by atoms with van der Waals surface area (Å²) in [4.78, 5) is 11.4. The molecule has 124 valence electrons. The third-order valence-electron chi connectivity index (χ3n) is 3.99. The Hall–Kier alpha value is -2.23. The lowest BCUT2D eigenvalue weighted by Gasteiger charge is -2.17. The van der Waals surface area contributed by atoms with Crippen molar-refractivity contribution in [2.75, 3.05) is 0 Å². The van der Waals surface area contributed by atoms with Crippen LogP contribution in [-0.4, -0.2) is 16.1 Å². The predicted molar refractivity (Wildman–Crippen MR) is 91.4 cm³/mol. The second-order valence-corrected chi connectivity index (χ2v) is 5.88. The zero-order valence-electron chi connectivity index (χ0n) is 13.6. The van der Waals surface area contributed by atoms with Gasteiger partial charge in [0, 0.05) is 18.1 Å². The molecule has 1 heterocycles. The van der Waals surface area contributed by atoms with Crippen molar-refractivity contribution in [1.29, 1.82) is 0 Å². The van der Waals surface area contributed by atoms with E-state index in [1.807, 2.05) is 12.2 Å². The number of phenols is 2. The van der Waals surface area contributed by atoms with Gasteiger partial charge in [-0.2, -0.15) is 0 Å². The van der Waals surface area contributed by atoms with E-state index in [1.54, 1.807) is 6.07 Å². The fourth-order valence-corrected chi connectivity index (χ4v) is 2.88. The summed E-state index contributed by atoms with van der Waals surface area (Å²) in [6.45, 7) is 2.14. The smallest absolute Gasteiger partial charge is 0.220 e. The van der Waals surface area contributed by atoms with Gasteiger partial charge in [0.25, 0.3) is 0 Å². The van der Waals surface area contributed by atoms with Gasteiger partial charge in [-0.15, -0.1) is 0 Å². The van der Waals surface area contributed by atoms with E-state index in [0.717, 1.165) is 30.4 Å². The van der Waals surface area contributed by atoms with Crippen LogP contribution in [0.15, 0.2) is 36.4 Å². The number of phenolic OH excluding ortho intramolecular Hbond substituents is 2. The molecule has 4 heteroatoms. The number of allylic oxidation sites excluding steroid dienone is 4. The Bertz CT molecular complexity index is 605. The number of aryl methyl sites for hydroxylation is 1. The van der Waals surface area contributed by atoms with Crippen LogP contribution < -0.4 is 5.32 Å². The molecule has 0 radical (unpaired) electrons. The van der Waals surface area contributed by atoms with Gasteiger partial charge < -0.3 is 15.5 Å². The van der Waals surface area contributed by atoms with Crippen molar-refractivity contribution in [2.24, 2.45) is 0 Å². The molecular formula is C19H25NO3. The second-order valence-electron chi connectivity index (χ2n) is 5.88. The summed E-state index contributed by atoms with van der Waals surface area (Å²) in [7, 11) is 0. The summed E-state index contributed by atoms with van der Waals surface area (Å²) in [5, 5.41) is 22.8. The van der Waals surface area contributed by atoms with E-state index in [4.69, 9.17) is 0 Å². The Morgan fingerprint density at radius 1 is 1.22 bits per heavy atom. The number of amides is 1. The predicted octanol–water partition coefficient (Wildman–Crippen LogP) is 3.89. The summed E-state index contributed by atoms with van der Waals surface area (Å²) in [6.07, 6.45) is 13.2. The largest absolute Gasteiger partial charge is 0.508 e. The molecule has 1 aromatic carbocycles. The van der Waals surface area contributed by atoms with E-state index in [1.165, 1.54) is 6.07 Å². The molecule has 1 fully saturated rings. The minimum absolute atomic E-state index is 0.00869. The number of unbranched alkanes of at least 4 members (excludes halogenated alkanes) is 1. The number of carbonyl (C=O) groups is 1. The number of hydrogen-bond acceptors (Lipinski definition) is 3. The van der Waals surface area contributed by atoms with E-state index in [0.29, 0.717) is 19.3 Å². The third-order valence-corrected chi connectivity index (χ3v) is 3.99. The Morgan fingerprint density at radius 2 is 1.96 bits per heavy atom. The highest BCUT2D eigenvalue weighted by atomic mass is 16.3. The summed E-state index contributed by atoms with van der Waals surface area (Å²) < 4.78 is 0. The van der Waals surface area contributed by atoms with Crippen LogP contribution in [0.3, 0.4) is 0 Å². The maximum atomic E-state index is 11.4. The molecule has 2 rings (SSSR count). The highest BCUT2D eigenvalue weighted by Gasteiger charge is 2.27. The highest BCUT2D eigenvalue weighted by Crippen LogP contribution is 2.36. The molecule has 0 spiro atoms. The highest BCUT2D eigenvalue weighted by molar-refractivity contribution is 5.79. The summed E-state index contributed by atoms with van der Waals surface area (Å²) in [5.41, 5.74) is 1.63. The summed E-state index contributed by atoms with van der Waals surface area (Å²) in [5.74, 6) is 0.116. The first-order valence-electron chi connectivity index (χ1n) is 8.27. The molecule has 0 bridgehead atoms. The molecule has 0 unspecified atom stereocenters. The van der Waals surface area contributed by atoms with Gasteiger partial charge in [0.15, 0.2) is 0 Å². The first kappa shape index (κ1) is 17.1. The first-order valence-corrected chi connectivity index (χ1v) is 8.27. The Labute approximate surface area is 137 Å². The number of aromatic hydroxyl groups is 2. The topological polar surface area (TPSA) is 69.6 Å². The van der Waals surface area contributed by atoms with Crippen LogP contribution in [0.4, 0.5) is 0 Å². The molecular weight excluding hydrogens is 290 g/mol. The maximum Gasteiger partial charge on any atom is 0.220 e. The Balaban J connectivity index is 2.06. The number of rotatable bonds is 7. The van der Waals surface area contributed by atoms with Gasteiger partial charge in [0.1, 0.15) is 11.5 Å². The third kappa shape index (κ3) is 4.88. The standard InChI is InChI=1S/C19H25NO3/c1-2-3-4-5-6-7-8-9-14-12-15(21)13-17(22)19(14)16-10-11-18(23)20-16/h4-7,12-13,16,21-22H,2-3,8-11H2,1H3,(H,20,23)/b5-4-,7-6-/t16-/m0/s1. The maximum absolute atomic E-state index is 11.4. The van der Waals surface area contributed by atoms with Crippen molar-refractivity contribution < 1.29 is 15.0 Å². The van der Waals surface area contributed by atoms with Crippen LogP contribution in [0.5, 0.6) is 11.5 Å². The molecule has 23 heavy (non-hydrogen) atoms. The van der Waals surface area contributed by atoms with Gasteiger partial charge in [0.2, 0.25) is 5.91 Å². The minimum atomic E-state index is -0.161. The van der Waals surface area contributed by atoms with Gasteiger partial charge in [-0.3, -0.25) is 4.79 Å². The molecule has 4 nitrogen and oxygen atoms in total. The van der Waals surface area contributed by atoms with Gasteiger partial charge in [-0.1, -0.05) is 37.6 Å². The van der Waals surface area contributed by atoms with E-state index in [2.05, 4.69) is 24.4 Å². The normalized spacial score (nSPS) is 18.1. The van der Waals surface area contributed by atoms with E-state index in [-0.39, 0.29) is 23.4 Å². The van der Waals surface area contributed by atoms with Crippen LogP contribution in [0.1, 0.15) is 56.2 Å². The first-order chi connectivity index (χ1) is 11.1. The Kier molecular flexibility index (Phi) is 6.27. The van der Waals surface area contributed by atoms with Crippen molar-refractivity contribution in [3.8, 4) is 11.5 Å². The van der Waals surface area contributed by atoms with Gasteiger partial charge in [-0.05, 0) is 37.3 Å². The van der Waals surface area contributed by atoms with E-state index < -0.39 is 0 Å². The zero-order chi connectivity index (χ0) is 16.7. The average molecular weight is 315 g/mol. The number of benzene rings is 1. The monoisotopic (exact) mass is 315 g/mol. The lowest BCUT2D eigenvalue weighted by molar-refractivity contribution is -0.119. The SMILES string of the molecule is CCC/C=C\C=C/CCc1cc(O)cc(O)c1[C@@H]1CCC(=O)N1.